The Morgan fingerprint density at radius 1 is 1.30 bits per heavy atom. The van der Waals surface area contributed by atoms with Gasteiger partial charge in [-0.1, -0.05) is 39.7 Å². The molecule has 6 N–H and O–H groups in total. The number of nitrogens with zero attached hydrogens (tertiary/aromatic N) is 4. The van der Waals surface area contributed by atoms with Crippen molar-refractivity contribution in [1.82, 2.24) is 19.8 Å². The van der Waals surface area contributed by atoms with Crippen LogP contribution in [0.5, 0.6) is 0 Å². The van der Waals surface area contributed by atoms with Crippen molar-refractivity contribution in [3.8, 4) is 11.5 Å². The topological polar surface area (TPSA) is 149 Å². The van der Waals surface area contributed by atoms with Crippen LogP contribution in [0.25, 0.3) is 17.0 Å². The first-order chi connectivity index (χ1) is 15.3. The third-order valence-electron chi connectivity index (χ3n) is 6.96. The van der Waals surface area contributed by atoms with Gasteiger partial charge in [0, 0.05) is 29.7 Å². The smallest absolute Gasteiger partial charge is 0.315 e. The van der Waals surface area contributed by atoms with E-state index in [1.807, 2.05) is 6.07 Å². The van der Waals surface area contributed by atoms with Crippen LogP contribution in [0, 0.1) is 10.8 Å². The normalized spacial score (nSPS) is 22.6. The number of rotatable bonds is 6. The molecule has 0 saturated heterocycles. The minimum atomic E-state index is -0.548. The van der Waals surface area contributed by atoms with E-state index in [1.165, 1.54) is 6.20 Å². The van der Waals surface area contributed by atoms with Crippen molar-refractivity contribution in [2.24, 2.45) is 22.3 Å². The molecule has 3 aromatic rings. The number of hydrogen-bond acceptors (Lipinski definition) is 8. The van der Waals surface area contributed by atoms with Crippen LogP contribution < -0.4 is 22.1 Å². The molecular formula is C23H34N8O2. The molecule has 3 aromatic heterocycles. The van der Waals surface area contributed by atoms with E-state index in [-0.39, 0.29) is 22.4 Å². The van der Waals surface area contributed by atoms with Crippen molar-refractivity contribution < 1.29 is 9.21 Å². The average molecular weight is 455 g/mol. The molecule has 0 aromatic carbocycles. The fraction of sp³-hybridized carbons (Fsp3) is 0.565. The van der Waals surface area contributed by atoms with Gasteiger partial charge < -0.3 is 26.5 Å². The summed E-state index contributed by atoms with van der Waals surface area (Å²) < 4.78 is 7.48. The number of hydrogen-bond donors (Lipinski definition) is 4. The van der Waals surface area contributed by atoms with E-state index < -0.39 is 5.91 Å². The van der Waals surface area contributed by atoms with E-state index in [1.54, 1.807) is 10.7 Å². The number of aromatic nitrogens is 4. The Kier molecular flexibility index (Phi) is 5.39. The summed E-state index contributed by atoms with van der Waals surface area (Å²) in [5.74, 6) is -0.188. The monoisotopic (exact) mass is 454 g/mol. The number of nitrogens with one attached hydrogen (secondary N) is 2. The SMILES string of the molecule is CC(C)(C)CNc1nnc(-c2cc3c(N[C@@H]4CC[C@](C)(N)C4(C)C)c(C(N)=O)cnn3c2)o1. The molecule has 0 radical (unpaired) electrons. The fourth-order valence-electron chi connectivity index (χ4n) is 4.22. The van der Waals surface area contributed by atoms with Crippen LogP contribution in [0.1, 0.15) is 64.7 Å². The van der Waals surface area contributed by atoms with Gasteiger partial charge in [-0.25, -0.2) is 4.52 Å². The lowest BCUT2D eigenvalue weighted by Gasteiger charge is -2.39. The molecule has 2 atom stereocenters. The van der Waals surface area contributed by atoms with Crippen molar-refractivity contribution in [1.29, 1.82) is 0 Å². The quantitative estimate of drug-likeness (QED) is 0.443. The Morgan fingerprint density at radius 2 is 2.03 bits per heavy atom. The Bertz CT molecular complexity index is 1180. The van der Waals surface area contributed by atoms with Crippen molar-refractivity contribution in [3.05, 3.63) is 24.0 Å². The molecule has 0 aliphatic heterocycles. The Balaban J connectivity index is 1.70. The molecule has 0 spiro atoms. The number of primary amides is 1. The molecule has 33 heavy (non-hydrogen) atoms. The van der Waals surface area contributed by atoms with Crippen LogP contribution in [-0.2, 0) is 0 Å². The van der Waals surface area contributed by atoms with Gasteiger partial charge >= 0.3 is 6.01 Å². The van der Waals surface area contributed by atoms with Crippen LogP contribution in [0.15, 0.2) is 22.9 Å². The van der Waals surface area contributed by atoms with E-state index in [0.717, 1.165) is 12.8 Å². The lowest BCUT2D eigenvalue weighted by atomic mass is 9.75. The second-order valence-electron chi connectivity index (χ2n) is 11.1. The standard InChI is InChI=1S/C23H34N8O2/c1-21(2,3)12-26-20-30-29-19(33-20)13-9-15-17(14(18(24)32)10-27-31(15)11-13)28-16-7-8-23(6,25)22(16,4)5/h9-11,16,28H,7-8,12,25H2,1-6H3,(H2,24,32)(H,26,30)/t16-,23+/m1/s1. The second-order valence-corrected chi connectivity index (χ2v) is 11.1. The highest BCUT2D eigenvalue weighted by Crippen LogP contribution is 2.46. The average Bonchev–Trinajstić information content (AvgIpc) is 3.38. The lowest BCUT2D eigenvalue weighted by Crippen LogP contribution is -2.51. The van der Waals surface area contributed by atoms with Crippen LogP contribution in [0.3, 0.4) is 0 Å². The van der Waals surface area contributed by atoms with E-state index in [9.17, 15) is 4.79 Å². The molecule has 1 aliphatic rings. The van der Waals surface area contributed by atoms with E-state index >= 15 is 0 Å². The molecule has 10 heteroatoms. The highest BCUT2D eigenvalue weighted by atomic mass is 16.4. The number of anilines is 2. The number of nitrogens with two attached hydrogens (primary N) is 2. The molecule has 1 saturated carbocycles. The zero-order chi connectivity index (χ0) is 24.2. The van der Waals surface area contributed by atoms with Gasteiger partial charge in [-0.15, -0.1) is 5.10 Å². The zero-order valence-electron chi connectivity index (χ0n) is 20.2. The molecule has 1 aliphatic carbocycles. The summed E-state index contributed by atoms with van der Waals surface area (Å²) in [6.07, 6.45) is 5.03. The lowest BCUT2D eigenvalue weighted by molar-refractivity contribution is 0.100. The maximum atomic E-state index is 12.2. The van der Waals surface area contributed by atoms with E-state index in [2.05, 4.69) is 67.5 Å². The molecule has 0 bridgehead atoms. The van der Waals surface area contributed by atoms with Gasteiger partial charge in [0.15, 0.2) is 0 Å². The number of carbonyl (C=O) groups excluding carboxylic acids is 1. The van der Waals surface area contributed by atoms with Gasteiger partial charge in [-0.3, -0.25) is 4.79 Å². The molecule has 1 fully saturated rings. The van der Waals surface area contributed by atoms with Crippen LogP contribution in [0.4, 0.5) is 11.7 Å². The summed E-state index contributed by atoms with van der Waals surface area (Å²) in [7, 11) is 0. The van der Waals surface area contributed by atoms with Gasteiger partial charge in [0.05, 0.1) is 28.5 Å². The largest absolute Gasteiger partial charge is 0.403 e. The second kappa shape index (κ2) is 7.72. The van der Waals surface area contributed by atoms with Crippen molar-refractivity contribution in [3.63, 3.8) is 0 Å². The third kappa shape index (κ3) is 4.27. The van der Waals surface area contributed by atoms with Gasteiger partial charge in [-0.2, -0.15) is 5.10 Å². The summed E-state index contributed by atoms with van der Waals surface area (Å²) >= 11 is 0. The highest BCUT2D eigenvalue weighted by Gasteiger charge is 2.49. The van der Waals surface area contributed by atoms with Crippen molar-refractivity contribution in [2.75, 3.05) is 17.2 Å². The zero-order valence-corrected chi connectivity index (χ0v) is 20.2. The maximum absolute atomic E-state index is 12.2. The number of amides is 1. The first-order valence-electron chi connectivity index (χ1n) is 11.2. The minimum absolute atomic E-state index is 0.0618. The first kappa shape index (κ1) is 23.0. The minimum Gasteiger partial charge on any atom is -0.403 e. The van der Waals surface area contributed by atoms with Gasteiger partial charge in [0.25, 0.3) is 11.8 Å². The van der Waals surface area contributed by atoms with Crippen LogP contribution in [-0.4, -0.2) is 43.8 Å². The summed E-state index contributed by atoms with van der Waals surface area (Å²) in [5.41, 5.74) is 14.1. The molecule has 4 rings (SSSR count). The fourth-order valence-corrected chi connectivity index (χ4v) is 4.22. The summed E-state index contributed by atoms with van der Waals surface area (Å²) in [6, 6.07) is 2.29. The Hall–Kier alpha value is -3.14. The molecule has 10 nitrogen and oxygen atoms in total. The molecule has 178 valence electrons. The summed E-state index contributed by atoms with van der Waals surface area (Å²) in [5, 5.41) is 19.4. The number of fused-ring (bicyclic) bond motifs is 1. The first-order valence-corrected chi connectivity index (χ1v) is 11.2. The van der Waals surface area contributed by atoms with Crippen LogP contribution in [0.2, 0.25) is 0 Å². The molecular weight excluding hydrogens is 420 g/mol. The van der Waals surface area contributed by atoms with Crippen molar-refractivity contribution in [2.45, 2.75) is 66.0 Å². The van der Waals surface area contributed by atoms with Crippen molar-refractivity contribution >= 4 is 23.1 Å². The summed E-state index contributed by atoms with van der Waals surface area (Å²) in [6.45, 7) is 13.4. The highest BCUT2D eigenvalue weighted by molar-refractivity contribution is 6.02. The summed E-state index contributed by atoms with van der Waals surface area (Å²) in [4.78, 5) is 12.2. The van der Waals surface area contributed by atoms with E-state index in [0.29, 0.717) is 40.8 Å². The predicted octanol–water partition coefficient (Wildman–Crippen LogP) is 3.26. The van der Waals surface area contributed by atoms with Gasteiger partial charge in [0.1, 0.15) is 0 Å². The predicted molar refractivity (Wildman–Crippen MR) is 128 cm³/mol. The van der Waals surface area contributed by atoms with Crippen LogP contribution >= 0.6 is 0 Å². The van der Waals surface area contributed by atoms with Gasteiger partial charge in [0.2, 0.25) is 0 Å². The number of carbonyl (C=O) groups is 1. The molecule has 1 amide bonds. The molecule has 0 unspecified atom stereocenters. The Morgan fingerprint density at radius 3 is 2.64 bits per heavy atom. The maximum Gasteiger partial charge on any atom is 0.315 e. The Labute approximate surface area is 193 Å². The van der Waals surface area contributed by atoms with E-state index in [4.69, 9.17) is 15.9 Å². The third-order valence-corrected chi connectivity index (χ3v) is 6.96. The molecule has 3 heterocycles. The van der Waals surface area contributed by atoms with Gasteiger partial charge in [-0.05, 0) is 31.2 Å².